The van der Waals surface area contributed by atoms with Gasteiger partial charge in [-0.1, -0.05) is 30.3 Å². The van der Waals surface area contributed by atoms with Crippen LogP contribution in [-0.2, 0) is 38.1 Å². The average molecular weight is 636 g/mol. The van der Waals surface area contributed by atoms with Gasteiger partial charge in [0, 0.05) is 17.1 Å². The molecule has 12 nitrogen and oxygen atoms in total. The smallest absolute Gasteiger partial charge is 0.325 e. The minimum absolute atomic E-state index is 0.145. The van der Waals surface area contributed by atoms with Gasteiger partial charge in [0.25, 0.3) is 0 Å². The summed E-state index contributed by atoms with van der Waals surface area (Å²) in [6.07, 6.45) is 3.62. The van der Waals surface area contributed by atoms with Gasteiger partial charge in [-0.25, -0.2) is 4.98 Å². The van der Waals surface area contributed by atoms with Crippen LogP contribution in [0.5, 0.6) is 5.75 Å². The number of carbonyl (C=O) groups is 4. The molecule has 12 heteroatoms. The Morgan fingerprint density at radius 2 is 1.15 bits per heavy atom. The minimum atomic E-state index is -0.509. The maximum absolute atomic E-state index is 12.5. The maximum Gasteiger partial charge on any atom is 0.325 e. The molecule has 0 aliphatic rings. The molecule has 0 aliphatic carbocycles. The molecule has 1 aromatic heterocycles. The van der Waals surface area contributed by atoms with E-state index in [0.29, 0.717) is 28.3 Å². The fourth-order valence-corrected chi connectivity index (χ4v) is 4.65. The number of pyridine rings is 1. The second-order valence-corrected chi connectivity index (χ2v) is 9.78. The van der Waals surface area contributed by atoms with E-state index in [1.54, 1.807) is 55.7 Å². The van der Waals surface area contributed by atoms with E-state index < -0.39 is 23.9 Å². The van der Waals surface area contributed by atoms with Gasteiger partial charge in [-0.3, -0.25) is 19.2 Å². The molecule has 0 bridgehead atoms. The fraction of sp³-hybridized carbons (Fsp3) is 0.382. The molecule has 0 spiro atoms. The molecular formula is C34H41N3O9. The molecule has 3 rings (SSSR count). The largest absolute Gasteiger partial charge is 0.497 e. The van der Waals surface area contributed by atoms with Crippen molar-refractivity contribution in [1.29, 1.82) is 0 Å². The quantitative estimate of drug-likeness (QED) is 0.155. The van der Waals surface area contributed by atoms with Crippen molar-refractivity contribution in [2.24, 2.45) is 0 Å². The number of aromatic nitrogens is 1. The van der Waals surface area contributed by atoms with Crippen LogP contribution >= 0.6 is 0 Å². The highest BCUT2D eigenvalue weighted by Crippen LogP contribution is 2.32. The number of ether oxygens (including phenoxy) is 5. The second kappa shape index (κ2) is 18.0. The third kappa shape index (κ3) is 10.2. The summed E-state index contributed by atoms with van der Waals surface area (Å²) < 4.78 is 26.1. The van der Waals surface area contributed by atoms with Gasteiger partial charge in [0.2, 0.25) is 0 Å². The number of fused-ring (bicyclic) bond motifs is 1. The lowest BCUT2D eigenvalue weighted by Crippen LogP contribution is -2.36. The number of esters is 4. The molecule has 0 saturated carbocycles. The van der Waals surface area contributed by atoms with E-state index in [-0.39, 0.29) is 52.6 Å². The number of hydrogen-bond donors (Lipinski definition) is 0. The van der Waals surface area contributed by atoms with Gasteiger partial charge in [-0.05, 0) is 57.5 Å². The molecule has 0 fully saturated rings. The number of anilines is 2. The lowest BCUT2D eigenvalue weighted by atomic mass is 10.1. The summed E-state index contributed by atoms with van der Waals surface area (Å²) in [5, 5.41) is 0.722. The Hall–Kier alpha value is -5.13. The first-order valence-electron chi connectivity index (χ1n) is 15.1. The molecule has 0 atom stereocenters. The van der Waals surface area contributed by atoms with Crippen molar-refractivity contribution in [3.8, 4) is 5.75 Å². The average Bonchev–Trinajstić information content (AvgIpc) is 3.03. The van der Waals surface area contributed by atoms with Gasteiger partial charge in [0.15, 0.2) is 0 Å². The van der Waals surface area contributed by atoms with Crippen molar-refractivity contribution < 1.29 is 42.9 Å². The summed E-state index contributed by atoms with van der Waals surface area (Å²) in [4.78, 5) is 57.9. The summed E-state index contributed by atoms with van der Waals surface area (Å²) >= 11 is 0. The highest BCUT2D eigenvalue weighted by atomic mass is 16.5. The van der Waals surface area contributed by atoms with Crippen LogP contribution in [0.4, 0.5) is 11.4 Å². The highest BCUT2D eigenvalue weighted by molar-refractivity contribution is 5.96. The minimum Gasteiger partial charge on any atom is -0.497 e. The number of methoxy groups -OCH3 is 1. The van der Waals surface area contributed by atoms with Crippen LogP contribution in [-0.4, -0.2) is 88.6 Å². The molecule has 2 aromatic carbocycles. The van der Waals surface area contributed by atoms with Crippen LogP contribution in [0.2, 0.25) is 0 Å². The van der Waals surface area contributed by atoms with Crippen molar-refractivity contribution in [2.45, 2.75) is 27.7 Å². The van der Waals surface area contributed by atoms with E-state index in [1.807, 2.05) is 42.5 Å². The predicted molar refractivity (Wildman–Crippen MR) is 175 cm³/mol. The molecule has 0 amide bonds. The Labute approximate surface area is 268 Å². The van der Waals surface area contributed by atoms with Crippen molar-refractivity contribution >= 4 is 58.3 Å². The van der Waals surface area contributed by atoms with Gasteiger partial charge < -0.3 is 33.5 Å². The zero-order chi connectivity index (χ0) is 33.5. The fourth-order valence-electron chi connectivity index (χ4n) is 4.65. The second-order valence-electron chi connectivity index (χ2n) is 9.78. The molecular weight excluding hydrogens is 594 g/mol. The van der Waals surface area contributed by atoms with E-state index in [0.717, 1.165) is 10.9 Å². The molecule has 246 valence electrons. The summed E-state index contributed by atoms with van der Waals surface area (Å²) in [7, 11) is 1.53. The van der Waals surface area contributed by atoms with Crippen molar-refractivity contribution in [2.75, 3.05) is 69.5 Å². The van der Waals surface area contributed by atoms with Gasteiger partial charge >= 0.3 is 23.9 Å². The van der Waals surface area contributed by atoms with Gasteiger partial charge in [-0.15, -0.1) is 0 Å². The van der Waals surface area contributed by atoms with Crippen LogP contribution < -0.4 is 14.5 Å². The SMILES string of the molecule is CCOC(=O)CN(CC(=O)OCC)c1ccccc1/C=C/c1ccc2cc(OC)cc(N(CC(=O)OCC)CC(=O)OCC)c2n1. The first-order chi connectivity index (χ1) is 22.2. The Morgan fingerprint density at radius 1 is 0.652 bits per heavy atom. The molecule has 1 heterocycles. The number of carbonyl (C=O) groups excluding carboxylic acids is 4. The molecule has 3 aromatic rings. The number of benzene rings is 2. The Kier molecular flexibility index (Phi) is 13.8. The van der Waals surface area contributed by atoms with E-state index >= 15 is 0 Å². The molecule has 0 saturated heterocycles. The van der Waals surface area contributed by atoms with E-state index in [2.05, 4.69) is 0 Å². The first-order valence-corrected chi connectivity index (χ1v) is 15.1. The monoisotopic (exact) mass is 635 g/mol. The summed E-state index contributed by atoms with van der Waals surface area (Å²) in [5.41, 5.74) is 2.93. The van der Waals surface area contributed by atoms with Crippen molar-refractivity contribution in [3.05, 3.63) is 59.8 Å². The number of hydrogen-bond acceptors (Lipinski definition) is 12. The van der Waals surface area contributed by atoms with Gasteiger partial charge in [0.05, 0.1) is 50.4 Å². The first kappa shape index (κ1) is 35.4. The van der Waals surface area contributed by atoms with Crippen molar-refractivity contribution in [1.82, 2.24) is 4.98 Å². The van der Waals surface area contributed by atoms with Crippen LogP contribution in [0.1, 0.15) is 39.0 Å². The van der Waals surface area contributed by atoms with Gasteiger partial charge in [-0.2, -0.15) is 0 Å². The lowest BCUT2D eigenvalue weighted by Gasteiger charge is -2.25. The molecule has 0 radical (unpaired) electrons. The molecule has 0 unspecified atom stereocenters. The van der Waals surface area contributed by atoms with E-state index in [1.165, 1.54) is 7.11 Å². The van der Waals surface area contributed by atoms with Crippen LogP contribution in [0.3, 0.4) is 0 Å². The maximum atomic E-state index is 12.5. The number of nitrogens with zero attached hydrogens (tertiary/aromatic N) is 3. The highest BCUT2D eigenvalue weighted by Gasteiger charge is 2.22. The zero-order valence-electron chi connectivity index (χ0n) is 26.9. The van der Waals surface area contributed by atoms with Crippen LogP contribution in [0.25, 0.3) is 23.1 Å². The molecule has 0 N–H and O–H groups in total. The van der Waals surface area contributed by atoms with Crippen LogP contribution in [0, 0.1) is 0 Å². The Bertz CT molecular complexity index is 1500. The normalized spacial score (nSPS) is 10.8. The number of para-hydroxylation sites is 1. The zero-order valence-corrected chi connectivity index (χ0v) is 26.9. The van der Waals surface area contributed by atoms with Crippen molar-refractivity contribution in [3.63, 3.8) is 0 Å². The molecule has 0 aliphatic heterocycles. The number of rotatable bonds is 17. The lowest BCUT2D eigenvalue weighted by molar-refractivity contribution is -0.144. The standard InChI is InChI=1S/C34H41N3O9/c1-6-43-30(38)20-36(21-31(39)44-7-2)28-13-11-10-12-24(28)14-16-26-17-15-25-18-27(42-5)19-29(34(25)35-26)37(22-32(40)45-8-3)23-33(41)46-9-4/h10-19H,6-9,20-23H2,1-5H3/b16-14+. The Balaban J connectivity index is 2.06. The summed E-state index contributed by atoms with van der Waals surface area (Å²) in [5.74, 6) is -1.45. The van der Waals surface area contributed by atoms with E-state index in [9.17, 15) is 19.2 Å². The Morgan fingerprint density at radius 3 is 1.65 bits per heavy atom. The third-order valence-electron chi connectivity index (χ3n) is 6.56. The topological polar surface area (TPSA) is 134 Å². The summed E-state index contributed by atoms with van der Waals surface area (Å²) in [6, 6.07) is 14.5. The predicted octanol–water partition coefficient (Wildman–Crippen LogP) is 4.28. The summed E-state index contributed by atoms with van der Waals surface area (Å²) in [6.45, 7) is 6.96. The van der Waals surface area contributed by atoms with Gasteiger partial charge in [0.1, 0.15) is 31.9 Å². The van der Waals surface area contributed by atoms with Crippen LogP contribution in [0.15, 0.2) is 48.5 Å². The third-order valence-corrected chi connectivity index (χ3v) is 6.56. The molecule has 46 heavy (non-hydrogen) atoms. The van der Waals surface area contributed by atoms with E-state index in [4.69, 9.17) is 28.7 Å².